The molecular weight excluding hydrogens is 132 g/mol. The van der Waals surface area contributed by atoms with Crippen LogP contribution in [0.1, 0.15) is 20.3 Å². The van der Waals surface area contributed by atoms with Crippen molar-refractivity contribution in [1.29, 1.82) is 0 Å². The van der Waals surface area contributed by atoms with E-state index in [1.807, 2.05) is 0 Å². The first kappa shape index (κ1) is 8.06. The van der Waals surface area contributed by atoms with Gasteiger partial charge in [-0.3, -0.25) is 0 Å². The minimum Gasteiger partial charge on any atom is -0.0955 e. The van der Waals surface area contributed by atoms with Gasteiger partial charge in [0.25, 0.3) is 0 Å². The Morgan fingerprint density at radius 2 is 2.27 bits per heavy atom. The van der Waals surface area contributed by atoms with E-state index in [2.05, 4.69) is 44.7 Å². The maximum absolute atomic E-state index is 3.88. The van der Waals surface area contributed by atoms with Gasteiger partial charge in [-0.05, 0) is 31.4 Å². The van der Waals surface area contributed by atoms with Gasteiger partial charge in [0, 0.05) is 0 Å². The summed E-state index contributed by atoms with van der Waals surface area (Å²) < 4.78 is 0. The van der Waals surface area contributed by atoms with Crippen LogP contribution in [0.4, 0.5) is 0 Å². The molecule has 0 bridgehead atoms. The largest absolute Gasteiger partial charge is 0.0955 e. The fraction of sp³-hybridized carbons (Fsp3) is 0.273. The van der Waals surface area contributed by atoms with Crippen LogP contribution in [0.15, 0.2) is 47.6 Å². The molecule has 0 saturated heterocycles. The Hall–Kier alpha value is -1.04. The lowest BCUT2D eigenvalue weighted by atomic mass is 9.98. The van der Waals surface area contributed by atoms with E-state index >= 15 is 0 Å². The molecule has 0 aliphatic heterocycles. The average molecular weight is 146 g/mol. The predicted octanol–water partition coefficient (Wildman–Crippen LogP) is 3.40. The third-order valence-corrected chi connectivity index (χ3v) is 1.97. The van der Waals surface area contributed by atoms with Crippen LogP contribution in [0.5, 0.6) is 0 Å². The number of hydrogen-bond donors (Lipinski definition) is 0. The molecule has 0 unspecified atom stereocenters. The summed E-state index contributed by atoms with van der Waals surface area (Å²) in [6.07, 6.45) is 9.56. The monoisotopic (exact) mass is 146 g/mol. The fourth-order valence-electron chi connectivity index (χ4n) is 1.04. The van der Waals surface area contributed by atoms with Crippen LogP contribution >= 0.6 is 0 Å². The van der Waals surface area contributed by atoms with Crippen molar-refractivity contribution in [1.82, 2.24) is 0 Å². The summed E-state index contributed by atoms with van der Waals surface area (Å²) in [4.78, 5) is 0. The second-order valence-electron chi connectivity index (χ2n) is 2.83. The number of allylic oxidation sites excluding steroid dienone is 7. The first-order valence-corrected chi connectivity index (χ1v) is 3.93. The summed E-state index contributed by atoms with van der Waals surface area (Å²) in [7, 11) is 0. The highest BCUT2D eigenvalue weighted by atomic mass is 14.0. The van der Waals surface area contributed by atoms with Crippen molar-refractivity contribution < 1.29 is 0 Å². The van der Waals surface area contributed by atoms with Crippen molar-refractivity contribution >= 4 is 0 Å². The second-order valence-corrected chi connectivity index (χ2v) is 2.83. The maximum atomic E-state index is 3.88. The number of hydrogen-bond acceptors (Lipinski definition) is 0. The second kappa shape index (κ2) is 3.38. The Morgan fingerprint density at radius 1 is 1.55 bits per heavy atom. The molecule has 0 saturated carbocycles. The van der Waals surface area contributed by atoms with Gasteiger partial charge in [0.15, 0.2) is 0 Å². The normalized spacial score (nSPS) is 18.5. The molecule has 58 valence electrons. The van der Waals surface area contributed by atoms with E-state index in [1.54, 1.807) is 0 Å². The van der Waals surface area contributed by atoms with Crippen molar-refractivity contribution in [2.75, 3.05) is 0 Å². The molecule has 0 aromatic heterocycles. The van der Waals surface area contributed by atoms with Crippen LogP contribution in [0.3, 0.4) is 0 Å². The van der Waals surface area contributed by atoms with Gasteiger partial charge in [0.05, 0.1) is 0 Å². The van der Waals surface area contributed by atoms with E-state index in [-0.39, 0.29) is 0 Å². The molecule has 0 N–H and O–H groups in total. The summed E-state index contributed by atoms with van der Waals surface area (Å²) in [6, 6.07) is 0. The minimum atomic E-state index is 0.997. The minimum absolute atomic E-state index is 0.997. The topological polar surface area (TPSA) is 0 Å². The van der Waals surface area contributed by atoms with Crippen LogP contribution in [-0.2, 0) is 0 Å². The SMILES string of the molecule is C=C1C=CC(/C(C)=C/C)=CC1. The molecule has 0 spiro atoms. The zero-order valence-corrected chi connectivity index (χ0v) is 7.22. The molecule has 11 heavy (non-hydrogen) atoms. The van der Waals surface area contributed by atoms with Gasteiger partial charge in [0.1, 0.15) is 0 Å². The molecule has 0 fully saturated rings. The maximum Gasteiger partial charge on any atom is -0.00942 e. The van der Waals surface area contributed by atoms with E-state index in [0.29, 0.717) is 0 Å². The molecule has 0 aromatic rings. The summed E-state index contributed by atoms with van der Waals surface area (Å²) >= 11 is 0. The third-order valence-electron chi connectivity index (χ3n) is 1.97. The molecule has 0 aromatic carbocycles. The van der Waals surface area contributed by atoms with Crippen LogP contribution in [0.2, 0.25) is 0 Å². The van der Waals surface area contributed by atoms with Crippen molar-refractivity contribution in [3.8, 4) is 0 Å². The van der Waals surface area contributed by atoms with Gasteiger partial charge in [-0.1, -0.05) is 36.5 Å². The lowest BCUT2D eigenvalue weighted by molar-refractivity contribution is 1.22. The van der Waals surface area contributed by atoms with Crippen LogP contribution in [0.25, 0.3) is 0 Å². The Kier molecular flexibility index (Phi) is 2.48. The first-order valence-electron chi connectivity index (χ1n) is 3.93. The quantitative estimate of drug-likeness (QED) is 0.532. The Morgan fingerprint density at radius 3 is 2.73 bits per heavy atom. The molecule has 0 amide bonds. The van der Waals surface area contributed by atoms with E-state index in [4.69, 9.17) is 0 Å². The molecule has 1 aliphatic carbocycles. The fourth-order valence-corrected chi connectivity index (χ4v) is 1.04. The van der Waals surface area contributed by atoms with E-state index < -0.39 is 0 Å². The average Bonchev–Trinajstić information content (AvgIpc) is 2.05. The summed E-state index contributed by atoms with van der Waals surface area (Å²) in [6.45, 7) is 8.08. The highest BCUT2D eigenvalue weighted by Gasteiger charge is 1.99. The van der Waals surface area contributed by atoms with Crippen LogP contribution in [-0.4, -0.2) is 0 Å². The van der Waals surface area contributed by atoms with Crippen molar-refractivity contribution in [2.45, 2.75) is 20.3 Å². The van der Waals surface area contributed by atoms with E-state index in [0.717, 1.165) is 6.42 Å². The molecule has 1 aliphatic rings. The first-order chi connectivity index (χ1) is 5.24. The third kappa shape index (κ3) is 1.94. The van der Waals surface area contributed by atoms with Gasteiger partial charge in [-0.2, -0.15) is 0 Å². The Labute approximate surface area is 68.6 Å². The van der Waals surface area contributed by atoms with Crippen molar-refractivity contribution in [2.24, 2.45) is 0 Å². The van der Waals surface area contributed by atoms with Crippen molar-refractivity contribution in [3.05, 3.63) is 47.6 Å². The standard InChI is InChI=1S/C11H14/c1-4-10(3)11-7-5-9(2)6-8-11/h4-5,7-8H,2,6H2,1,3H3/b10-4+. The van der Waals surface area contributed by atoms with E-state index in [9.17, 15) is 0 Å². The Balaban J connectivity index is 2.79. The molecule has 1 rings (SSSR count). The molecular formula is C11H14. The molecule has 0 radical (unpaired) electrons. The van der Waals surface area contributed by atoms with Gasteiger partial charge >= 0.3 is 0 Å². The smallest absolute Gasteiger partial charge is 0.00942 e. The lowest BCUT2D eigenvalue weighted by Crippen LogP contribution is -1.87. The van der Waals surface area contributed by atoms with Gasteiger partial charge in [0.2, 0.25) is 0 Å². The summed E-state index contributed by atoms with van der Waals surface area (Å²) in [5, 5.41) is 0. The molecule has 0 nitrogen and oxygen atoms in total. The zero-order valence-electron chi connectivity index (χ0n) is 7.22. The van der Waals surface area contributed by atoms with Gasteiger partial charge in [-0.15, -0.1) is 0 Å². The van der Waals surface area contributed by atoms with Crippen molar-refractivity contribution in [3.63, 3.8) is 0 Å². The lowest BCUT2D eigenvalue weighted by Gasteiger charge is -2.07. The highest BCUT2D eigenvalue weighted by Crippen LogP contribution is 2.19. The molecule has 0 atom stereocenters. The molecule has 0 heterocycles. The summed E-state index contributed by atoms with van der Waals surface area (Å²) in [5.41, 5.74) is 3.87. The summed E-state index contributed by atoms with van der Waals surface area (Å²) in [5.74, 6) is 0. The van der Waals surface area contributed by atoms with Crippen LogP contribution < -0.4 is 0 Å². The van der Waals surface area contributed by atoms with Gasteiger partial charge in [-0.25, -0.2) is 0 Å². The van der Waals surface area contributed by atoms with E-state index in [1.165, 1.54) is 16.7 Å². The number of rotatable bonds is 1. The van der Waals surface area contributed by atoms with Crippen LogP contribution in [0, 0.1) is 0 Å². The molecule has 0 heteroatoms. The zero-order chi connectivity index (χ0) is 8.27. The van der Waals surface area contributed by atoms with Gasteiger partial charge < -0.3 is 0 Å². The highest BCUT2D eigenvalue weighted by molar-refractivity contribution is 5.44. The predicted molar refractivity (Wildman–Crippen MR) is 50.4 cm³/mol. The Bertz CT molecular complexity index is 249.